The summed E-state index contributed by atoms with van der Waals surface area (Å²) in [5.74, 6) is 0.615. The molecule has 5 heteroatoms. The van der Waals surface area contributed by atoms with Gasteiger partial charge in [-0.15, -0.1) is 0 Å². The smallest absolute Gasteiger partial charge is 0.265 e. The summed E-state index contributed by atoms with van der Waals surface area (Å²) >= 11 is 9.45. The van der Waals surface area contributed by atoms with Gasteiger partial charge in [-0.05, 0) is 35.9 Å². The van der Waals surface area contributed by atoms with Gasteiger partial charge in [0.1, 0.15) is 5.75 Å². The second-order valence-corrected chi connectivity index (χ2v) is 5.86. The Labute approximate surface area is 130 Å². The molecule has 0 N–H and O–H groups in total. The van der Waals surface area contributed by atoms with Gasteiger partial charge in [0.15, 0.2) is 6.61 Å². The molecule has 1 amide bonds. The lowest BCUT2D eigenvalue weighted by Crippen LogP contribution is -2.38. The highest BCUT2D eigenvalue weighted by Gasteiger charge is 2.25. The Morgan fingerprint density at radius 1 is 1.25 bits per heavy atom. The van der Waals surface area contributed by atoms with Gasteiger partial charge in [0.05, 0.1) is 12.2 Å². The van der Waals surface area contributed by atoms with Gasteiger partial charge in [-0.1, -0.05) is 39.7 Å². The number of nitrogens with zero attached hydrogens (tertiary/aromatic N) is 1. The molecule has 0 spiro atoms. The zero-order valence-corrected chi connectivity index (χ0v) is 12.8. The fraction of sp³-hybridized carbons (Fsp3) is 0.133. The zero-order chi connectivity index (χ0) is 14.1. The van der Waals surface area contributed by atoms with E-state index in [1.54, 1.807) is 23.1 Å². The zero-order valence-electron chi connectivity index (χ0n) is 10.5. The third-order valence-electron chi connectivity index (χ3n) is 3.09. The quantitative estimate of drug-likeness (QED) is 0.817. The van der Waals surface area contributed by atoms with E-state index in [0.717, 1.165) is 10.0 Å². The Balaban J connectivity index is 1.97. The number of ether oxygens (including phenoxy) is 1. The van der Waals surface area contributed by atoms with E-state index >= 15 is 0 Å². The first-order valence-corrected chi connectivity index (χ1v) is 7.28. The Bertz CT molecular complexity index is 675. The molecule has 0 saturated heterocycles. The maximum absolute atomic E-state index is 12.1. The van der Waals surface area contributed by atoms with Crippen LogP contribution < -0.4 is 9.64 Å². The van der Waals surface area contributed by atoms with Crippen molar-refractivity contribution < 1.29 is 9.53 Å². The number of amides is 1. The first-order valence-electron chi connectivity index (χ1n) is 6.10. The van der Waals surface area contributed by atoms with E-state index in [9.17, 15) is 4.79 Å². The van der Waals surface area contributed by atoms with E-state index in [4.69, 9.17) is 16.3 Å². The normalized spacial score (nSPS) is 13.9. The Morgan fingerprint density at radius 3 is 2.90 bits per heavy atom. The van der Waals surface area contributed by atoms with Crippen molar-refractivity contribution in [3.05, 3.63) is 57.5 Å². The van der Waals surface area contributed by atoms with Crippen LogP contribution in [0.1, 0.15) is 5.56 Å². The summed E-state index contributed by atoms with van der Waals surface area (Å²) in [6, 6.07) is 13.2. The van der Waals surface area contributed by atoms with Gasteiger partial charge in [-0.2, -0.15) is 0 Å². The van der Waals surface area contributed by atoms with E-state index < -0.39 is 0 Å². The number of hydrogen-bond acceptors (Lipinski definition) is 2. The molecule has 3 nitrogen and oxygen atoms in total. The van der Waals surface area contributed by atoms with Crippen LogP contribution in [-0.4, -0.2) is 12.5 Å². The summed E-state index contributed by atoms with van der Waals surface area (Å²) in [5.41, 5.74) is 1.76. The maximum Gasteiger partial charge on any atom is 0.265 e. The third kappa shape index (κ3) is 2.67. The first kappa shape index (κ1) is 13.5. The molecule has 0 aromatic heterocycles. The molecular weight excluding hydrogens is 342 g/mol. The van der Waals surface area contributed by atoms with E-state index in [1.165, 1.54) is 0 Å². The van der Waals surface area contributed by atoms with Crippen LogP contribution in [0.4, 0.5) is 5.69 Å². The van der Waals surface area contributed by atoms with E-state index in [1.807, 2.05) is 24.3 Å². The second kappa shape index (κ2) is 5.46. The van der Waals surface area contributed by atoms with Crippen LogP contribution in [-0.2, 0) is 11.3 Å². The number of carbonyl (C=O) groups excluding carboxylic acids is 1. The number of carbonyl (C=O) groups is 1. The highest BCUT2D eigenvalue weighted by molar-refractivity contribution is 9.10. The highest BCUT2D eigenvalue weighted by Crippen LogP contribution is 2.35. The van der Waals surface area contributed by atoms with Crippen molar-refractivity contribution in [1.82, 2.24) is 0 Å². The van der Waals surface area contributed by atoms with Gasteiger partial charge in [0, 0.05) is 9.50 Å². The van der Waals surface area contributed by atoms with Crippen LogP contribution in [0.15, 0.2) is 46.9 Å². The van der Waals surface area contributed by atoms with Crippen LogP contribution >= 0.6 is 27.5 Å². The molecule has 102 valence electrons. The maximum atomic E-state index is 12.1. The lowest BCUT2D eigenvalue weighted by atomic mass is 10.1. The molecule has 0 aliphatic carbocycles. The average molecular weight is 353 g/mol. The minimum Gasteiger partial charge on any atom is -0.482 e. The fourth-order valence-electron chi connectivity index (χ4n) is 2.17. The fourth-order valence-corrected chi connectivity index (χ4v) is 2.78. The summed E-state index contributed by atoms with van der Waals surface area (Å²) in [7, 11) is 0. The van der Waals surface area contributed by atoms with Gasteiger partial charge < -0.3 is 9.64 Å². The topological polar surface area (TPSA) is 29.5 Å². The summed E-state index contributed by atoms with van der Waals surface area (Å²) in [5, 5.41) is 0.585. The molecule has 2 aromatic carbocycles. The van der Waals surface area contributed by atoms with Crippen molar-refractivity contribution >= 4 is 39.1 Å². The Kier molecular flexibility index (Phi) is 3.68. The van der Waals surface area contributed by atoms with Crippen molar-refractivity contribution in [1.29, 1.82) is 0 Å². The summed E-state index contributed by atoms with van der Waals surface area (Å²) in [4.78, 5) is 13.8. The lowest BCUT2D eigenvalue weighted by Gasteiger charge is -2.29. The lowest BCUT2D eigenvalue weighted by molar-refractivity contribution is -0.121. The van der Waals surface area contributed by atoms with Gasteiger partial charge >= 0.3 is 0 Å². The molecular formula is C15H11BrClNO2. The van der Waals surface area contributed by atoms with Crippen molar-refractivity contribution in [3.63, 3.8) is 0 Å². The number of fused-ring (bicyclic) bond motifs is 1. The van der Waals surface area contributed by atoms with E-state index in [0.29, 0.717) is 23.0 Å². The molecule has 0 unspecified atom stereocenters. The third-order valence-corrected chi connectivity index (χ3v) is 3.82. The van der Waals surface area contributed by atoms with Crippen molar-refractivity contribution in [2.24, 2.45) is 0 Å². The predicted octanol–water partition coefficient (Wildman–Crippen LogP) is 4.03. The summed E-state index contributed by atoms with van der Waals surface area (Å²) < 4.78 is 6.41. The molecule has 0 radical (unpaired) electrons. The van der Waals surface area contributed by atoms with Gasteiger partial charge in [0.25, 0.3) is 5.91 Å². The SMILES string of the molecule is O=C1COc2ccc(Cl)cc2N1Cc1cccc(Br)c1. The molecule has 1 aliphatic rings. The van der Waals surface area contributed by atoms with Crippen molar-refractivity contribution in [2.45, 2.75) is 6.54 Å². The number of hydrogen-bond donors (Lipinski definition) is 0. The van der Waals surface area contributed by atoms with E-state index in [-0.39, 0.29) is 12.5 Å². The summed E-state index contributed by atoms with van der Waals surface area (Å²) in [6.07, 6.45) is 0. The number of anilines is 1. The van der Waals surface area contributed by atoms with E-state index in [2.05, 4.69) is 15.9 Å². The Morgan fingerprint density at radius 2 is 2.10 bits per heavy atom. The minimum absolute atomic E-state index is 0.0582. The molecule has 1 aliphatic heterocycles. The molecule has 0 atom stereocenters. The average Bonchev–Trinajstić information content (AvgIpc) is 2.42. The van der Waals surface area contributed by atoms with Crippen LogP contribution in [0.25, 0.3) is 0 Å². The second-order valence-electron chi connectivity index (χ2n) is 4.51. The van der Waals surface area contributed by atoms with Gasteiger partial charge in [-0.3, -0.25) is 4.79 Å². The van der Waals surface area contributed by atoms with Crippen molar-refractivity contribution in [3.8, 4) is 5.75 Å². The van der Waals surface area contributed by atoms with Gasteiger partial charge in [0.2, 0.25) is 0 Å². The van der Waals surface area contributed by atoms with Crippen molar-refractivity contribution in [2.75, 3.05) is 11.5 Å². The van der Waals surface area contributed by atoms with Crippen LogP contribution in [0, 0.1) is 0 Å². The standard InChI is InChI=1S/C15H11BrClNO2/c16-11-3-1-2-10(6-11)8-18-13-7-12(17)4-5-14(13)20-9-15(18)19/h1-7H,8-9H2. The molecule has 0 bridgehead atoms. The Hall–Kier alpha value is -1.52. The molecule has 20 heavy (non-hydrogen) atoms. The predicted molar refractivity (Wildman–Crippen MR) is 82.3 cm³/mol. The number of halogens is 2. The van der Waals surface area contributed by atoms with Gasteiger partial charge in [-0.25, -0.2) is 0 Å². The number of rotatable bonds is 2. The molecule has 2 aromatic rings. The van der Waals surface area contributed by atoms with Crippen LogP contribution in [0.2, 0.25) is 5.02 Å². The monoisotopic (exact) mass is 351 g/mol. The molecule has 0 fully saturated rings. The first-order chi connectivity index (χ1) is 9.63. The summed E-state index contributed by atoms with van der Waals surface area (Å²) in [6.45, 7) is 0.553. The number of benzene rings is 2. The van der Waals surface area contributed by atoms with Crippen LogP contribution in [0.3, 0.4) is 0 Å². The minimum atomic E-state index is -0.0697. The largest absolute Gasteiger partial charge is 0.482 e. The van der Waals surface area contributed by atoms with Crippen LogP contribution in [0.5, 0.6) is 5.75 Å². The molecule has 1 heterocycles. The highest BCUT2D eigenvalue weighted by atomic mass is 79.9. The molecule has 0 saturated carbocycles. The molecule has 3 rings (SSSR count).